The number of carboxylic acids is 1. The molecule has 0 heterocycles. The molecule has 0 aliphatic heterocycles. The number of carbonyl (C=O) groups is 3. The number of ether oxygens (including phenoxy) is 3. The molecule has 0 spiro atoms. The van der Waals surface area contributed by atoms with E-state index in [-0.39, 0.29) is 50.3 Å². The first-order valence-electron chi connectivity index (χ1n) is 19.5. The van der Waals surface area contributed by atoms with Crippen LogP contribution < -0.4 is 0 Å². The molecule has 1 N–H and O–H groups in total. The van der Waals surface area contributed by atoms with Crippen LogP contribution in [0.4, 0.5) is 0 Å². The van der Waals surface area contributed by atoms with Crippen molar-refractivity contribution in [3.63, 3.8) is 0 Å². The molecule has 0 bridgehead atoms. The van der Waals surface area contributed by atoms with Gasteiger partial charge in [-0.3, -0.25) is 14.4 Å². The van der Waals surface area contributed by atoms with E-state index in [9.17, 15) is 19.5 Å². The fourth-order valence-electron chi connectivity index (χ4n) is 6.70. The molecule has 0 aromatic rings. The fraction of sp³-hybridized carbons (Fsp3) is 0.932. The summed E-state index contributed by atoms with van der Waals surface area (Å²) >= 11 is 0. The van der Waals surface area contributed by atoms with E-state index in [0.717, 1.165) is 25.7 Å². The van der Waals surface area contributed by atoms with Crippen LogP contribution in [-0.4, -0.2) is 49.4 Å². The number of hydrogen-bond acceptors (Lipinski definition) is 6. The van der Waals surface area contributed by atoms with Crippen LogP contribution in [0.25, 0.3) is 0 Å². The molecular formula is C44H86O7. The molecule has 1 aliphatic rings. The lowest BCUT2D eigenvalue weighted by Crippen LogP contribution is -2.43. The second-order valence-electron chi connectivity index (χ2n) is 22.4. The largest absolute Gasteiger partial charge is 0.481 e. The SMILES string of the molecule is CC(C)(C)CC(C(=O)OCCOC1CCCCC1)C(C)(C)C.CC(C)(C)CC(C)(C(=O)O)C(C)(C)C.COC(=O)C(C)(CC(C)(C)C)C(C)(C)C. The van der Waals surface area contributed by atoms with Gasteiger partial charge < -0.3 is 19.3 Å². The average Bonchev–Trinajstić information content (AvgIpc) is 2.90. The van der Waals surface area contributed by atoms with E-state index in [2.05, 4.69) is 104 Å². The molecule has 1 aliphatic carbocycles. The highest BCUT2D eigenvalue weighted by atomic mass is 16.6. The highest BCUT2D eigenvalue weighted by Crippen LogP contribution is 2.48. The summed E-state index contributed by atoms with van der Waals surface area (Å²) in [6, 6.07) is 0. The van der Waals surface area contributed by atoms with Crippen molar-refractivity contribution in [2.75, 3.05) is 20.3 Å². The Bertz CT molecular complexity index is 1040. The number of carboxylic acid groups (broad SMARTS) is 1. The number of methoxy groups -OCH3 is 1. The van der Waals surface area contributed by atoms with Crippen LogP contribution in [0, 0.1) is 49.2 Å². The van der Waals surface area contributed by atoms with Crippen molar-refractivity contribution in [2.45, 2.75) is 196 Å². The molecule has 3 unspecified atom stereocenters. The number of carbonyl (C=O) groups excluding carboxylic acids is 2. The third-order valence-corrected chi connectivity index (χ3v) is 10.6. The maximum absolute atomic E-state index is 12.4. The van der Waals surface area contributed by atoms with Crippen molar-refractivity contribution in [2.24, 2.45) is 49.2 Å². The summed E-state index contributed by atoms with van der Waals surface area (Å²) < 4.78 is 16.3. The highest BCUT2D eigenvalue weighted by molar-refractivity contribution is 5.77. The van der Waals surface area contributed by atoms with Crippen LogP contribution in [0.15, 0.2) is 0 Å². The van der Waals surface area contributed by atoms with Crippen molar-refractivity contribution in [3.05, 3.63) is 0 Å². The van der Waals surface area contributed by atoms with Gasteiger partial charge in [0, 0.05) is 0 Å². The van der Waals surface area contributed by atoms with Crippen molar-refractivity contribution >= 4 is 17.9 Å². The zero-order valence-corrected chi connectivity index (χ0v) is 37.6. The number of hydrogen-bond donors (Lipinski definition) is 1. The van der Waals surface area contributed by atoms with Crippen molar-refractivity contribution in [1.29, 1.82) is 0 Å². The predicted octanol–water partition coefficient (Wildman–Crippen LogP) is 12.2. The fourth-order valence-corrected chi connectivity index (χ4v) is 6.70. The lowest BCUT2D eigenvalue weighted by molar-refractivity contribution is -0.161. The minimum Gasteiger partial charge on any atom is -0.481 e. The third-order valence-electron chi connectivity index (χ3n) is 10.6. The van der Waals surface area contributed by atoms with Gasteiger partial charge in [0.05, 0.1) is 36.6 Å². The van der Waals surface area contributed by atoms with E-state index >= 15 is 0 Å². The smallest absolute Gasteiger partial charge is 0.312 e. The van der Waals surface area contributed by atoms with Crippen molar-refractivity contribution < 1.29 is 33.7 Å². The lowest BCUT2D eigenvalue weighted by atomic mass is 9.61. The second-order valence-corrected chi connectivity index (χ2v) is 22.4. The molecule has 1 saturated carbocycles. The number of aliphatic carboxylic acids is 1. The molecule has 1 fully saturated rings. The van der Waals surface area contributed by atoms with Crippen LogP contribution in [0.1, 0.15) is 190 Å². The summed E-state index contributed by atoms with van der Waals surface area (Å²) in [5.74, 6) is -0.943. The van der Waals surface area contributed by atoms with Crippen LogP contribution in [0.5, 0.6) is 0 Å². The Morgan fingerprint density at radius 3 is 1.31 bits per heavy atom. The topological polar surface area (TPSA) is 99.1 Å². The van der Waals surface area contributed by atoms with E-state index in [1.165, 1.54) is 26.4 Å². The van der Waals surface area contributed by atoms with Gasteiger partial charge in [0.25, 0.3) is 0 Å². The van der Waals surface area contributed by atoms with Gasteiger partial charge in [-0.1, -0.05) is 144 Å². The molecule has 0 radical (unpaired) electrons. The minimum atomic E-state index is -0.695. The Kier molecular flexibility index (Phi) is 19.8. The number of esters is 2. The first-order chi connectivity index (χ1) is 22.4. The number of rotatable bonds is 10. The molecule has 0 saturated heterocycles. The highest BCUT2D eigenvalue weighted by Gasteiger charge is 2.48. The molecule has 1 rings (SSSR count). The summed E-state index contributed by atoms with van der Waals surface area (Å²) in [6.07, 6.45) is 8.92. The molecule has 51 heavy (non-hydrogen) atoms. The van der Waals surface area contributed by atoms with E-state index in [0.29, 0.717) is 25.7 Å². The molecular weight excluding hydrogens is 640 g/mol. The van der Waals surface area contributed by atoms with Gasteiger partial charge in [0.2, 0.25) is 0 Å². The first kappa shape index (κ1) is 51.5. The maximum Gasteiger partial charge on any atom is 0.312 e. The lowest BCUT2D eigenvalue weighted by Gasteiger charge is -2.43. The molecule has 304 valence electrons. The Morgan fingerprint density at radius 1 is 0.608 bits per heavy atom. The van der Waals surface area contributed by atoms with Crippen molar-refractivity contribution in [1.82, 2.24) is 0 Å². The van der Waals surface area contributed by atoms with Gasteiger partial charge >= 0.3 is 17.9 Å². The predicted molar refractivity (Wildman–Crippen MR) is 214 cm³/mol. The second kappa shape index (κ2) is 19.6. The molecule has 3 atom stereocenters. The van der Waals surface area contributed by atoms with Crippen LogP contribution >= 0.6 is 0 Å². The van der Waals surface area contributed by atoms with E-state index in [4.69, 9.17) is 14.2 Å². The van der Waals surface area contributed by atoms with Gasteiger partial charge in [0.1, 0.15) is 6.61 Å². The van der Waals surface area contributed by atoms with Crippen molar-refractivity contribution in [3.8, 4) is 0 Å². The van der Waals surface area contributed by atoms with Gasteiger partial charge in [-0.05, 0) is 78.4 Å². The van der Waals surface area contributed by atoms with Gasteiger partial charge in [-0.2, -0.15) is 0 Å². The normalized spacial score (nSPS) is 18.1. The Labute approximate surface area is 316 Å². The van der Waals surface area contributed by atoms with Gasteiger partial charge in [-0.15, -0.1) is 0 Å². The Balaban J connectivity index is 0. The summed E-state index contributed by atoms with van der Waals surface area (Å²) in [7, 11) is 1.47. The monoisotopic (exact) mass is 727 g/mol. The maximum atomic E-state index is 12.4. The molecule has 7 heteroatoms. The van der Waals surface area contributed by atoms with Crippen LogP contribution in [-0.2, 0) is 28.6 Å². The molecule has 7 nitrogen and oxygen atoms in total. The zero-order chi connectivity index (χ0) is 41.1. The van der Waals surface area contributed by atoms with Gasteiger partial charge in [0.15, 0.2) is 0 Å². The zero-order valence-electron chi connectivity index (χ0n) is 37.6. The summed E-state index contributed by atoms with van der Waals surface area (Å²) in [5, 5.41) is 9.33. The van der Waals surface area contributed by atoms with E-state index in [1.807, 2.05) is 34.6 Å². The Hall–Kier alpha value is -1.63. The average molecular weight is 727 g/mol. The standard InChI is InChI=1S/C19H36O3.C13H26O2.C12H24O2/c1-18(2,3)14-16(19(4,5)6)17(20)22-13-12-21-15-10-8-7-9-11-15;1-11(2,3)9-13(7,10(14)15-8)12(4,5)6;1-10(2,3)8-12(7,9(13)14)11(4,5)6/h15-16H,7-14H2,1-6H3;9H2,1-8H3;8H2,1-7H3,(H,13,14). The van der Waals surface area contributed by atoms with Crippen LogP contribution in [0.2, 0.25) is 0 Å². The van der Waals surface area contributed by atoms with E-state index in [1.54, 1.807) is 0 Å². The third kappa shape index (κ3) is 19.9. The van der Waals surface area contributed by atoms with Crippen LogP contribution in [0.3, 0.4) is 0 Å². The first-order valence-corrected chi connectivity index (χ1v) is 19.5. The minimum absolute atomic E-state index is 0.0421. The Morgan fingerprint density at radius 2 is 1.02 bits per heavy atom. The summed E-state index contributed by atoms with van der Waals surface area (Å²) in [5.41, 5.74) is -1.19. The van der Waals surface area contributed by atoms with E-state index < -0.39 is 16.8 Å². The molecule has 0 aromatic heterocycles. The molecule has 0 aromatic carbocycles. The summed E-state index contributed by atoms with van der Waals surface area (Å²) in [4.78, 5) is 35.7. The van der Waals surface area contributed by atoms with Gasteiger partial charge in [-0.25, -0.2) is 0 Å². The molecule has 0 amide bonds. The quantitative estimate of drug-likeness (QED) is 0.177. The summed E-state index contributed by atoms with van der Waals surface area (Å²) in [6.45, 7) is 42.6.